The molecule has 60 valence electrons. The third-order valence-electron chi connectivity index (χ3n) is 1.27. The van der Waals surface area contributed by atoms with Gasteiger partial charge in [0.25, 0.3) is 0 Å². The molecule has 0 aromatic carbocycles. The Balaban J connectivity index is 3.88. The van der Waals surface area contributed by atoms with Crippen molar-refractivity contribution in [2.24, 2.45) is 0 Å². The van der Waals surface area contributed by atoms with Crippen LogP contribution in [-0.2, 0) is 4.79 Å². The van der Waals surface area contributed by atoms with Gasteiger partial charge in [-0.15, -0.1) is 11.6 Å². The van der Waals surface area contributed by atoms with Crippen molar-refractivity contribution < 1.29 is 4.79 Å². The molecule has 0 aliphatic heterocycles. The normalized spacial score (nSPS) is 12.8. The van der Waals surface area contributed by atoms with Gasteiger partial charge in [0.05, 0.1) is 6.04 Å². The Morgan fingerprint density at radius 3 is 2.30 bits per heavy atom. The van der Waals surface area contributed by atoms with Crippen LogP contribution in [0.15, 0.2) is 0 Å². The first-order valence-electron chi connectivity index (χ1n) is 3.15. The molecule has 1 unspecified atom stereocenters. The average molecular weight is 184 g/mol. The number of carbonyl (C=O) groups is 1. The Labute approximate surface area is 71.2 Å². The van der Waals surface area contributed by atoms with Gasteiger partial charge in [-0.3, -0.25) is 9.21 Å². The van der Waals surface area contributed by atoms with Crippen molar-refractivity contribution in [3.8, 4) is 0 Å². The summed E-state index contributed by atoms with van der Waals surface area (Å²) in [6.07, 6.45) is 0.784. The number of nitrogens with zero attached hydrogens (tertiary/aromatic N) is 1. The maximum Gasteiger partial charge on any atom is 0.234 e. The molecule has 0 N–H and O–H groups in total. The number of alkyl halides is 1. The van der Waals surface area contributed by atoms with Gasteiger partial charge in [0.15, 0.2) is 0 Å². The molecule has 0 spiro atoms. The van der Waals surface area contributed by atoms with Crippen LogP contribution < -0.4 is 0 Å². The van der Waals surface area contributed by atoms with Gasteiger partial charge in [-0.05, 0) is 6.42 Å². The van der Waals surface area contributed by atoms with E-state index in [0.29, 0.717) is 5.88 Å². The Bertz CT molecular complexity index is 114. The van der Waals surface area contributed by atoms with Crippen molar-refractivity contribution in [1.29, 1.82) is 0 Å². The van der Waals surface area contributed by atoms with Crippen LogP contribution in [0, 0.1) is 0 Å². The van der Waals surface area contributed by atoms with E-state index in [1.807, 2.05) is 6.92 Å². The predicted molar refractivity (Wildman–Crippen MR) is 43.2 cm³/mol. The maximum absolute atomic E-state index is 10.6. The van der Waals surface area contributed by atoms with Crippen molar-refractivity contribution in [2.75, 3.05) is 5.88 Å². The van der Waals surface area contributed by atoms with E-state index >= 15 is 0 Å². The predicted octanol–water partition coefficient (Wildman–Crippen LogP) is 2.01. The largest absolute Gasteiger partial charge is 0.274 e. The second-order valence-electron chi connectivity index (χ2n) is 2.05. The Morgan fingerprint density at radius 2 is 2.20 bits per heavy atom. The third kappa shape index (κ3) is 2.76. The van der Waals surface area contributed by atoms with Crippen LogP contribution in [-0.4, -0.2) is 22.2 Å². The van der Waals surface area contributed by atoms with Crippen LogP contribution in [0.25, 0.3) is 0 Å². The number of halogens is 2. The highest BCUT2D eigenvalue weighted by Crippen LogP contribution is 2.09. The summed E-state index contributed by atoms with van der Waals surface area (Å²) in [6.45, 7) is 3.35. The molecule has 0 rings (SSSR count). The summed E-state index contributed by atoms with van der Waals surface area (Å²) < 4.78 is 1.15. The minimum absolute atomic E-state index is 0.0409. The van der Waals surface area contributed by atoms with Crippen molar-refractivity contribution in [3.63, 3.8) is 0 Å². The molecule has 0 heterocycles. The van der Waals surface area contributed by atoms with Crippen LogP contribution in [0.1, 0.15) is 20.3 Å². The molecule has 0 saturated heterocycles. The summed E-state index contributed by atoms with van der Waals surface area (Å²) in [6, 6.07) is -0.0409. The second kappa shape index (κ2) is 4.80. The minimum Gasteiger partial charge on any atom is -0.274 e. The average Bonchev–Trinajstić information content (AvgIpc) is 1.90. The molecule has 0 aliphatic carbocycles. The lowest BCUT2D eigenvalue weighted by molar-refractivity contribution is -0.125. The first-order valence-corrected chi connectivity index (χ1v) is 4.02. The fraction of sp³-hybridized carbons (Fsp3) is 0.833. The fourth-order valence-corrected chi connectivity index (χ4v) is 1.22. The number of hydrogen-bond donors (Lipinski definition) is 0. The van der Waals surface area contributed by atoms with Crippen LogP contribution in [0.5, 0.6) is 0 Å². The fourth-order valence-electron chi connectivity index (χ4n) is 0.587. The zero-order valence-corrected chi connectivity index (χ0v) is 7.61. The summed E-state index contributed by atoms with van der Waals surface area (Å²) >= 11 is 11.1. The van der Waals surface area contributed by atoms with Crippen molar-refractivity contribution in [2.45, 2.75) is 26.3 Å². The van der Waals surface area contributed by atoms with Crippen LogP contribution in [0.3, 0.4) is 0 Å². The topological polar surface area (TPSA) is 20.3 Å². The lowest BCUT2D eigenvalue weighted by Crippen LogP contribution is -2.31. The van der Waals surface area contributed by atoms with Gasteiger partial charge in [0, 0.05) is 24.6 Å². The highest BCUT2D eigenvalue weighted by Gasteiger charge is 2.15. The van der Waals surface area contributed by atoms with Crippen molar-refractivity contribution >= 4 is 29.3 Å². The molecule has 0 aromatic rings. The monoisotopic (exact) mass is 183 g/mol. The van der Waals surface area contributed by atoms with Gasteiger partial charge < -0.3 is 0 Å². The van der Waals surface area contributed by atoms with Crippen molar-refractivity contribution in [1.82, 2.24) is 4.42 Å². The molecular weight excluding hydrogens is 173 g/mol. The van der Waals surface area contributed by atoms with Gasteiger partial charge in [0.1, 0.15) is 0 Å². The van der Waals surface area contributed by atoms with Gasteiger partial charge in [-0.25, -0.2) is 0 Å². The molecule has 1 atom stereocenters. The summed E-state index contributed by atoms with van der Waals surface area (Å²) in [5.74, 6) is 0.230. The highest BCUT2D eigenvalue weighted by atomic mass is 35.5. The van der Waals surface area contributed by atoms with Gasteiger partial charge in [0.2, 0.25) is 5.91 Å². The number of rotatable bonds is 3. The van der Waals surface area contributed by atoms with Gasteiger partial charge >= 0.3 is 0 Å². The molecule has 0 fully saturated rings. The summed E-state index contributed by atoms with van der Waals surface area (Å²) in [5.41, 5.74) is 0. The van der Waals surface area contributed by atoms with Gasteiger partial charge in [-0.2, -0.15) is 0 Å². The summed E-state index contributed by atoms with van der Waals surface area (Å²) in [7, 11) is 0. The van der Waals surface area contributed by atoms with E-state index < -0.39 is 0 Å². The van der Waals surface area contributed by atoms with E-state index in [2.05, 4.69) is 0 Å². The third-order valence-corrected chi connectivity index (χ3v) is 2.14. The summed E-state index contributed by atoms with van der Waals surface area (Å²) in [5, 5.41) is 0. The molecule has 0 radical (unpaired) electrons. The lowest BCUT2D eigenvalue weighted by Gasteiger charge is -2.19. The molecule has 0 aromatic heterocycles. The Hall–Kier alpha value is 0.0500. The molecule has 4 heteroatoms. The van der Waals surface area contributed by atoms with E-state index in [-0.39, 0.29) is 11.9 Å². The SMILES string of the molecule is CCC(CCl)N(Cl)C(C)=O. The zero-order valence-electron chi connectivity index (χ0n) is 6.10. The standard InChI is InChI=1S/C6H11Cl2NO/c1-3-6(4-7)9(8)5(2)10/h6H,3-4H2,1-2H3. The number of amides is 1. The first kappa shape index (κ1) is 10.0. The van der Waals surface area contributed by atoms with E-state index in [4.69, 9.17) is 23.4 Å². The molecular formula is C6H11Cl2NO. The second-order valence-corrected chi connectivity index (χ2v) is 2.72. The molecule has 2 nitrogen and oxygen atoms in total. The lowest BCUT2D eigenvalue weighted by atomic mass is 10.2. The maximum atomic E-state index is 10.6. The van der Waals surface area contributed by atoms with Crippen LogP contribution in [0.2, 0.25) is 0 Å². The number of carbonyl (C=O) groups excluding carboxylic acids is 1. The van der Waals surface area contributed by atoms with E-state index in [1.54, 1.807) is 0 Å². The van der Waals surface area contributed by atoms with E-state index in [1.165, 1.54) is 6.92 Å². The molecule has 10 heavy (non-hydrogen) atoms. The molecule has 0 saturated carbocycles. The molecule has 0 aliphatic rings. The van der Waals surface area contributed by atoms with E-state index in [9.17, 15) is 4.79 Å². The Kier molecular flexibility index (Phi) is 4.83. The Morgan fingerprint density at radius 1 is 1.70 bits per heavy atom. The smallest absolute Gasteiger partial charge is 0.234 e. The molecule has 0 bridgehead atoms. The highest BCUT2D eigenvalue weighted by molar-refractivity contribution is 6.23. The van der Waals surface area contributed by atoms with Gasteiger partial charge in [-0.1, -0.05) is 6.92 Å². The van der Waals surface area contributed by atoms with Crippen molar-refractivity contribution in [3.05, 3.63) is 0 Å². The minimum atomic E-state index is -0.158. The molecule has 1 amide bonds. The van der Waals surface area contributed by atoms with E-state index in [0.717, 1.165) is 10.8 Å². The number of hydrogen-bond acceptors (Lipinski definition) is 1. The van der Waals surface area contributed by atoms with Crippen LogP contribution >= 0.6 is 23.4 Å². The van der Waals surface area contributed by atoms with Crippen LogP contribution in [0.4, 0.5) is 0 Å². The quantitative estimate of drug-likeness (QED) is 0.485. The zero-order chi connectivity index (χ0) is 8.15. The first-order chi connectivity index (χ1) is 4.63. The summed E-state index contributed by atoms with van der Waals surface area (Å²) in [4.78, 5) is 10.6.